The summed E-state index contributed by atoms with van der Waals surface area (Å²) in [4.78, 5) is 24.2. The standard InChI is InChI=1S/C17H22N4O2/c1-3-13-14(17(23)21-20-15(13)4-2)10-19-16(22)12-7-5-11(9-18)6-8-12/h5-8H,3-4,9-10,18H2,1-2H3,(H,19,22)(H,21,23). The van der Waals surface area contributed by atoms with Crippen molar-refractivity contribution in [3.63, 3.8) is 0 Å². The Labute approximate surface area is 135 Å². The van der Waals surface area contributed by atoms with Gasteiger partial charge in [-0.3, -0.25) is 9.59 Å². The van der Waals surface area contributed by atoms with Gasteiger partial charge >= 0.3 is 0 Å². The molecule has 1 aromatic carbocycles. The average molecular weight is 314 g/mol. The molecule has 6 heteroatoms. The van der Waals surface area contributed by atoms with Crippen molar-refractivity contribution < 1.29 is 4.79 Å². The van der Waals surface area contributed by atoms with Gasteiger partial charge in [0.25, 0.3) is 11.5 Å². The van der Waals surface area contributed by atoms with Gasteiger partial charge in [0.05, 0.1) is 5.69 Å². The van der Waals surface area contributed by atoms with Gasteiger partial charge in [-0.15, -0.1) is 0 Å². The van der Waals surface area contributed by atoms with Gasteiger partial charge in [0.1, 0.15) is 0 Å². The maximum atomic E-state index is 12.2. The topological polar surface area (TPSA) is 101 Å². The fraction of sp³-hybridized carbons (Fsp3) is 0.353. The van der Waals surface area contributed by atoms with Crippen LogP contribution in [0.1, 0.15) is 46.6 Å². The Balaban J connectivity index is 2.16. The Bertz CT molecular complexity index is 735. The van der Waals surface area contributed by atoms with Gasteiger partial charge in [-0.05, 0) is 36.1 Å². The van der Waals surface area contributed by atoms with Gasteiger partial charge in [0, 0.05) is 24.2 Å². The SMILES string of the molecule is CCc1n[nH]c(=O)c(CNC(=O)c2ccc(CN)cc2)c1CC. The molecule has 1 aromatic heterocycles. The van der Waals surface area contributed by atoms with Crippen LogP contribution in [0, 0.1) is 0 Å². The molecule has 0 aliphatic heterocycles. The number of carbonyl (C=O) groups is 1. The molecule has 0 aliphatic rings. The number of H-pyrrole nitrogens is 1. The monoisotopic (exact) mass is 314 g/mol. The van der Waals surface area contributed by atoms with Crippen LogP contribution in [0.4, 0.5) is 0 Å². The number of nitrogens with two attached hydrogens (primary N) is 1. The zero-order valence-corrected chi connectivity index (χ0v) is 13.5. The van der Waals surface area contributed by atoms with E-state index in [1.54, 1.807) is 12.1 Å². The molecule has 122 valence electrons. The third-order valence-electron chi connectivity index (χ3n) is 3.85. The summed E-state index contributed by atoms with van der Waals surface area (Å²) in [6.07, 6.45) is 1.44. The highest BCUT2D eigenvalue weighted by molar-refractivity contribution is 5.94. The van der Waals surface area contributed by atoms with E-state index in [1.165, 1.54) is 0 Å². The number of nitrogens with zero attached hydrogens (tertiary/aromatic N) is 1. The summed E-state index contributed by atoms with van der Waals surface area (Å²) in [6.45, 7) is 4.59. The highest BCUT2D eigenvalue weighted by atomic mass is 16.1. The van der Waals surface area contributed by atoms with E-state index in [1.807, 2.05) is 26.0 Å². The molecule has 0 saturated carbocycles. The molecule has 1 amide bonds. The molecule has 0 radical (unpaired) electrons. The smallest absolute Gasteiger partial charge is 0.269 e. The largest absolute Gasteiger partial charge is 0.348 e. The van der Waals surface area contributed by atoms with Crippen LogP contribution in [0.25, 0.3) is 0 Å². The number of aryl methyl sites for hydroxylation is 1. The zero-order valence-electron chi connectivity index (χ0n) is 13.5. The fourth-order valence-electron chi connectivity index (χ4n) is 2.52. The number of aromatic nitrogens is 2. The lowest BCUT2D eigenvalue weighted by Gasteiger charge is -2.11. The fourth-order valence-corrected chi connectivity index (χ4v) is 2.52. The van der Waals surface area contributed by atoms with E-state index >= 15 is 0 Å². The predicted octanol–water partition coefficient (Wildman–Crippen LogP) is 1.28. The summed E-state index contributed by atoms with van der Waals surface area (Å²) in [5.41, 5.74) is 9.15. The highest BCUT2D eigenvalue weighted by Crippen LogP contribution is 2.10. The predicted molar refractivity (Wildman–Crippen MR) is 89.1 cm³/mol. The Morgan fingerprint density at radius 1 is 1.17 bits per heavy atom. The second kappa shape index (κ2) is 7.69. The van der Waals surface area contributed by atoms with Gasteiger partial charge in [0.2, 0.25) is 0 Å². The van der Waals surface area contributed by atoms with E-state index in [-0.39, 0.29) is 18.0 Å². The molecule has 0 saturated heterocycles. The second-order valence-electron chi connectivity index (χ2n) is 5.25. The number of carbonyl (C=O) groups excluding carboxylic acids is 1. The number of hydrogen-bond donors (Lipinski definition) is 3. The molecule has 2 rings (SSSR count). The Hall–Kier alpha value is -2.47. The lowest BCUT2D eigenvalue weighted by atomic mass is 10.0. The zero-order chi connectivity index (χ0) is 16.8. The number of hydrogen-bond acceptors (Lipinski definition) is 4. The lowest BCUT2D eigenvalue weighted by molar-refractivity contribution is 0.0950. The second-order valence-corrected chi connectivity index (χ2v) is 5.25. The molecule has 0 spiro atoms. The van der Waals surface area contributed by atoms with Crippen LogP contribution in [-0.2, 0) is 25.9 Å². The molecule has 2 aromatic rings. The Morgan fingerprint density at radius 3 is 2.43 bits per heavy atom. The van der Waals surface area contributed by atoms with Crippen molar-refractivity contribution in [1.29, 1.82) is 0 Å². The molecule has 0 atom stereocenters. The third kappa shape index (κ3) is 3.84. The van der Waals surface area contributed by atoms with Gasteiger partial charge in [-0.25, -0.2) is 5.10 Å². The summed E-state index contributed by atoms with van der Waals surface area (Å²) in [5, 5.41) is 9.37. The summed E-state index contributed by atoms with van der Waals surface area (Å²) in [6, 6.07) is 7.10. The number of aromatic amines is 1. The molecular weight excluding hydrogens is 292 g/mol. The number of rotatable bonds is 6. The average Bonchev–Trinajstić information content (AvgIpc) is 2.60. The molecule has 4 N–H and O–H groups in total. The Kier molecular flexibility index (Phi) is 5.65. The summed E-state index contributed by atoms with van der Waals surface area (Å²) in [7, 11) is 0. The third-order valence-corrected chi connectivity index (χ3v) is 3.85. The van der Waals surface area contributed by atoms with Crippen LogP contribution >= 0.6 is 0 Å². The molecule has 23 heavy (non-hydrogen) atoms. The molecule has 0 unspecified atom stereocenters. The van der Waals surface area contributed by atoms with Crippen molar-refractivity contribution in [3.05, 3.63) is 62.6 Å². The summed E-state index contributed by atoms with van der Waals surface area (Å²) >= 11 is 0. The van der Waals surface area contributed by atoms with Crippen molar-refractivity contribution in [2.45, 2.75) is 39.8 Å². The van der Waals surface area contributed by atoms with Crippen molar-refractivity contribution in [2.75, 3.05) is 0 Å². The maximum absolute atomic E-state index is 12.2. The number of benzene rings is 1. The van der Waals surface area contributed by atoms with Gasteiger partial charge < -0.3 is 11.1 Å². The van der Waals surface area contributed by atoms with Crippen molar-refractivity contribution in [2.24, 2.45) is 5.73 Å². The van der Waals surface area contributed by atoms with Crippen LogP contribution in [-0.4, -0.2) is 16.1 Å². The molecule has 0 aliphatic carbocycles. The van der Waals surface area contributed by atoms with Crippen LogP contribution in [0.2, 0.25) is 0 Å². The van der Waals surface area contributed by atoms with Gasteiger partial charge in [-0.1, -0.05) is 26.0 Å². The number of amides is 1. The first-order valence-electron chi connectivity index (χ1n) is 7.77. The van der Waals surface area contributed by atoms with E-state index < -0.39 is 0 Å². The molecule has 6 nitrogen and oxygen atoms in total. The maximum Gasteiger partial charge on any atom is 0.269 e. The lowest BCUT2D eigenvalue weighted by Crippen LogP contribution is -2.29. The quantitative estimate of drug-likeness (QED) is 0.747. The minimum Gasteiger partial charge on any atom is -0.348 e. The summed E-state index contributed by atoms with van der Waals surface area (Å²) in [5.74, 6) is -0.218. The van der Waals surface area contributed by atoms with E-state index in [9.17, 15) is 9.59 Å². The van der Waals surface area contributed by atoms with Crippen molar-refractivity contribution in [3.8, 4) is 0 Å². The van der Waals surface area contributed by atoms with Crippen LogP contribution in [0.5, 0.6) is 0 Å². The first-order chi connectivity index (χ1) is 11.1. The minimum atomic E-state index is -0.252. The van der Waals surface area contributed by atoms with Crippen LogP contribution < -0.4 is 16.6 Å². The first-order valence-corrected chi connectivity index (χ1v) is 7.77. The first kappa shape index (κ1) is 16.9. The van der Waals surface area contributed by atoms with E-state index in [0.29, 0.717) is 24.1 Å². The number of nitrogens with one attached hydrogen (secondary N) is 2. The highest BCUT2D eigenvalue weighted by Gasteiger charge is 2.13. The van der Waals surface area contributed by atoms with Crippen molar-refractivity contribution >= 4 is 5.91 Å². The normalized spacial score (nSPS) is 10.6. The molecule has 0 bridgehead atoms. The molecule has 1 heterocycles. The minimum absolute atomic E-state index is 0.186. The Morgan fingerprint density at radius 2 is 1.87 bits per heavy atom. The van der Waals surface area contributed by atoms with E-state index in [4.69, 9.17) is 5.73 Å². The van der Waals surface area contributed by atoms with Gasteiger partial charge in [0.15, 0.2) is 0 Å². The molecule has 0 fully saturated rings. The van der Waals surface area contributed by atoms with E-state index in [2.05, 4.69) is 15.5 Å². The van der Waals surface area contributed by atoms with Crippen LogP contribution in [0.15, 0.2) is 29.1 Å². The van der Waals surface area contributed by atoms with Crippen molar-refractivity contribution in [1.82, 2.24) is 15.5 Å². The molecular formula is C17H22N4O2. The van der Waals surface area contributed by atoms with Gasteiger partial charge in [-0.2, -0.15) is 5.10 Å². The van der Waals surface area contributed by atoms with Crippen LogP contribution in [0.3, 0.4) is 0 Å². The van der Waals surface area contributed by atoms with E-state index in [0.717, 1.165) is 23.2 Å². The summed E-state index contributed by atoms with van der Waals surface area (Å²) < 4.78 is 0.